The summed E-state index contributed by atoms with van der Waals surface area (Å²) in [4.78, 5) is 52.5. The number of nitrogens with one attached hydrogen (secondary N) is 2. The first-order chi connectivity index (χ1) is 21.1. The van der Waals surface area contributed by atoms with Crippen molar-refractivity contribution in [3.63, 3.8) is 0 Å². The van der Waals surface area contributed by atoms with Gasteiger partial charge in [0.1, 0.15) is 29.0 Å². The highest BCUT2D eigenvalue weighted by atomic mass is 16.3. The van der Waals surface area contributed by atoms with Gasteiger partial charge in [-0.1, -0.05) is 12.1 Å². The SMILES string of the molecule is O=C(Nc1ccc(O)cc1)NC(C(=O)C1N=CC(CC(=O)c2cc3c(cc2O)C2=CC(O)=CCC2=N3)=N1)c1ccc(O)cc1. The van der Waals surface area contributed by atoms with Gasteiger partial charge in [-0.2, -0.15) is 0 Å². The minimum atomic E-state index is -1.25. The van der Waals surface area contributed by atoms with Gasteiger partial charge in [0, 0.05) is 29.5 Å². The van der Waals surface area contributed by atoms with E-state index in [9.17, 15) is 34.8 Å². The maximum Gasteiger partial charge on any atom is 0.320 e. The number of allylic oxidation sites excluding steroid dienone is 3. The second kappa shape index (κ2) is 11.3. The van der Waals surface area contributed by atoms with Crippen LogP contribution in [0.15, 0.2) is 93.6 Å². The van der Waals surface area contributed by atoms with E-state index in [1.165, 1.54) is 66.9 Å². The van der Waals surface area contributed by atoms with Crippen molar-refractivity contribution in [1.82, 2.24) is 5.32 Å². The summed E-state index contributed by atoms with van der Waals surface area (Å²) in [6.45, 7) is 0. The third-order valence-electron chi connectivity index (χ3n) is 7.23. The van der Waals surface area contributed by atoms with Crippen LogP contribution in [0.1, 0.15) is 40.4 Å². The average Bonchev–Trinajstić information content (AvgIpc) is 3.61. The van der Waals surface area contributed by atoms with Crippen LogP contribution in [-0.2, 0) is 4.79 Å². The summed E-state index contributed by atoms with van der Waals surface area (Å²) < 4.78 is 0. The van der Waals surface area contributed by atoms with Crippen LogP contribution in [0.5, 0.6) is 17.2 Å². The number of carbonyl (C=O) groups is 3. The molecular formula is C32H25N5O7. The van der Waals surface area contributed by atoms with Crippen molar-refractivity contribution >= 4 is 52.2 Å². The number of benzene rings is 3. The maximum atomic E-state index is 13.6. The van der Waals surface area contributed by atoms with E-state index in [0.29, 0.717) is 34.5 Å². The molecule has 3 aliphatic rings. The minimum Gasteiger partial charge on any atom is -0.508 e. The van der Waals surface area contributed by atoms with E-state index in [0.717, 1.165) is 5.71 Å². The standard InChI is InChI=1S/C32H25N5O7/c38-19-5-1-16(2-6-19)29(37-32(44)35-17-3-7-20(39)8-4-17)30(43)31-33-15-18(34-31)11-27(41)24-13-26-23(14-28(24)42)22-12-21(40)9-10-25(22)36-26/h1-9,12-15,29,31,38-40,42H,10-11H2,(H2,35,37,44). The Morgan fingerprint density at radius 2 is 1.64 bits per heavy atom. The van der Waals surface area contributed by atoms with E-state index in [2.05, 4.69) is 25.6 Å². The number of aromatic hydroxyl groups is 3. The van der Waals surface area contributed by atoms with Crippen molar-refractivity contribution < 1.29 is 34.8 Å². The number of aliphatic hydroxyl groups excluding tert-OH is 1. The van der Waals surface area contributed by atoms with Gasteiger partial charge in [0.15, 0.2) is 5.78 Å². The Hall–Kier alpha value is -6.04. The fourth-order valence-electron chi connectivity index (χ4n) is 5.04. The Balaban J connectivity index is 1.18. The predicted molar refractivity (Wildman–Crippen MR) is 163 cm³/mol. The summed E-state index contributed by atoms with van der Waals surface area (Å²) in [6.07, 6.45) is 3.42. The Bertz CT molecular complexity index is 1850. The molecule has 44 heavy (non-hydrogen) atoms. The number of carbonyl (C=O) groups excluding carboxylic acids is 3. The summed E-state index contributed by atoms with van der Waals surface area (Å²) >= 11 is 0. The van der Waals surface area contributed by atoms with Gasteiger partial charge in [0.2, 0.25) is 11.9 Å². The van der Waals surface area contributed by atoms with Crippen molar-refractivity contribution in [3.05, 3.63) is 95.3 Å². The van der Waals surface area contributed by atoms with Gasteiger partial charge in [-0.3, -0.25) is 24.6 Å². The molecule has 3 aromatic carbocycles. The first-order valence-corrected chi connectivity index (χ1v) is 13.5. The van der Waals surface area contributed by atoms with Crippen LogP contribution in [0.25, 0.3) is 5.57 Å². The van der Waals surface area contributed by atoms with Crippen LogP contribution in [0.2, 0.25) is 0 Å². The zero-order chi connectivity index (χ0) is 31.0. The number of phenols is 3. The highest BCUT2D eigenvalue weighted by Crippen LogP contribution is 2.42. The number of aliphatic hydroxyl groups is 1. The Kier molecular flexibility index (Phi) is 7.23. The number of hydrogen-bond donors (Lipinski definition) is 6. The molecule has 0 saturated carbocycles. The number of phenolic OH excluding ortho intramolecular Hbond substituents is 3. The molecule has 2 atom stereocenters. The fourth-order valence-corrected chi connectivity index (χ4v) is 5.04. The molecule has 2 amide bonds. The quantitative estimate of drug-likeness (QED) is 0.162. The largest absolute Gasteiger partial charge is 0.508 e. The zero-order valence-electron chi connectivity index (χ0n) is 22.9. The Morgan fingerprint density at radius 3 is 2.36 bits per heavy atom. The van der Waals surface area contributed by atoms with E-state index in [-0.39, 0.29) is 40.7 Å². The molecule has 2 heterocycles. The van der Waals surface area contributed by atoms with E-state index in [1.54, 1.807) is 12.2 Å². The number of nitrogens with zero attached hydrogens (tertiary/aromatic N) is 3. The smallest absolute Gasteiger partial charge is 0.320 e. The topological polar surface area (TPSA) is 193 Å². The minimum absolute atomic E-state index is 0.0220. The van der Waals surface area contributed by atoms with Crippen LogP contribution in [0.3, 0.4) is 0 Å². The molecule has 0 radical (unpaired) electrons. The van der Waals surface area contributed by atoms with Gasteiger partial charge in [-0.15, -0.1) is 0 Å². The molecule has 2 unspecified atom stereocenters. The van der Waals surface area contributed by atoms with Crippen LogP contribution in [-0.4, -0.2) is 61.8 Å². The van der Waals surface area contributed by atoms with Gasteiger partial charge in [-0.05, 0) is 66.2 Å². The number of Topliss-reactive ketones (excluding diaryl/α,β-unsaturated/α-hetero) is 2. The van der Waals surface area contributed by atoms with Gasteiger partial charge >= 0.3 is 6.03 Å². The molecule has 6 rings (SSSR count). The van der Waals surface area contributed by atoms with Crippen LogP contribution in [0.4, 0.5) is 16.2 Å². The molecule has 12 nitrogen and oxygen atoms in total. The monoisotopic (exact) mass is 591 g/mol. The number of anilines is 1. The fraction of sp³-hybridized carbons (Fsp3) is 0.125. The van der Waals surface area contributed by atoms with Crippen LogP contribution in [0, 0.1) is 0 Å². The molecule has 12 heteroatoms. The normalized spacial score (nSPS) is 17.0. The number of amides is 2. The van der Waals surface area contributed by atoms with Crippen molar-refractivity contribution in [1.29, 1.82) is 0 Å². The number of urea groups is 1. The lowest BCUT2D eigenvalue weighted by Gasteiger charge is -2.20. The second-order valence-corrected chi connectivity index (χ2v) is 10.3. The molecule has 1 aliphatic carbocycles. The van der Waals surface area contributed by atoms with Gasteiger partial charge in [0.25, 0.3) is 0 Å². The molecular weight excluding hydrogens is 566 g/mol. The molecule has 2 aliphatic heterocycles. The lowest BCUT2D eigenvalue weighted by molar-refractivity contribution is -0.121. The highest BCUT2D eigenvalue weighted by molar-refractivity contribution is 6.38. The number of aliphatic imine (C=N–C) groups is 3. The van der Waals surface area contributed by atoms with E-state index < -0.39 is 29.8 Å². The summed E-state index contributed by atoms with van der Waals surface area (Å²) in [5, 5.41) is 44.9. The summed E-state index contributed by atoms with van der Waals surface area (Å²) in [5.74, 6) is -1.20. The summed E-state index contributed by atoms with van der Waals surface area (Å²) in [7, 11) is 0. The molecule has 220 valence electrons. The highest BCUT2D eigenvalue weighted by Gasteiger charge is 2.32. The van der Waals surface area contributed by atoms with E-state index in [1.807, 2.05) is 0 Å². The predicted octanol–water partition coefficient (Wildman–Crippen LogP) is 4.67. The first kappa shape index (κ1) is 28.1. The maximum absolute atomic E-state index is 13.6. The third kappa shape index (κ3) is 5.68. The number of fused-ring (bicyclic) bond motifs is 3. The van der Waals surface area contributed by atoms with Crippen molar-refractivity contribution in [2.75, 3.05) is 5.32 Å². The number of ketones is 2. The van der Waals surface area contributed by atoms with Gasteiger partial charge < -0.3 is 31.1 Å². The zero-order valence-corrected chi connectivity index (χ0v) is 22.9. The summed E-state index contributed by atoms with van der Waals surface area (Å²) in [5.41, 5.74) is 3.52. The van der Waals surface area contributed by atoms with Crippen molar-refractivity contribution in [2.24, 2.45) is 15.0 Å². The molecule has 0 bridgehead atoms. The molecule has 0 spiro atoms. The van der Waals surface area contributed by atoms with Crippen molar-refractivity contribution in [2.45, 2.75) is 25.0 Å². The first-order valence-electron chi connectivity index (χ1n) is 13.5. The molecule has 0 aromatic heterocycles. The van der Waals surface area contributed by atoms with Crippen molar-refractivity contribution in [3.8, 4) is 17.2 Å². The van der Waals surface area contributed by atoms with Crippen LogP contribution >= 0.6 is 0 Å². The molecule has 3 aromatic rings. The molecule has 0 fully saturated rings. The number of hydrogen-bond acceptors (Lipinski definition) is 10. The van der Waals surface area contributed by atoms with E-state index >= 15 is 0 Å². The summed E-state index contributed by atoms with van der Waals surface area (Å²) in [6, 6.07) is 12.5. The average molecular weight is 592 g/mol. The molecule has 6 N–H and O–H groups in total. The Morgan fingerprint density at radius 1 is 0.932 bits per heavy atom. The van der Waals surface area contributed by atoms with E-state index in [4.69, 9.17) is 0 Å². The lowest BCUT2D eigenvalue weighted by Crippen LogP contribution is -2.39. The van der Waals surface area contributed by atoms with Crippen LogP contribution < -0.4 is 10.6 Å². The van der Waals surface area contributed by atoms with Gasteiger partial charge in [-0.25, -0.2) is 4.79 Å². The second-order valence-electron chi connectivity index (χ2n) is 10.3. The Labute approximate surface area is 250 Å². The lowest BCUT2D eigenvalue weighted by atomic mass is 9.94. The number of rotatable bonds is 8. The van der Waals surface area contributed by atoms with Gasteiger partial charge in [0.05, 0.1) is 29.1 Å². The molecule has 0 saturated heterocycles. The third-order valence-corrected chi connectivity index (χ3v) is 7.23.